The molecule has 1 aliphatic rings. The number of hydrogen-bond donors (Lipinski definition) is 1. The zero-order valence-corrected chi connectivity index (χ0v) is 13.9. The molecule has 0 spiro atoms. The van der Waals surface area contributed by atoms with E-state index < -0.39 is 0 Å². The van der Waals surface area contributed by atoms with Crippen LogP contribution in [-0.4, -0.2) is 18.0 Å². The van der Waals surface area contributed by atoms with Gasteiger partial charge in [-0.05, 0) is 35.8 Å². The SMILES string of the molecule is CC(C)CN(Cc1ccc(CN)cc1)CC1CCCCC1. The van der Waals surface area contributed by atoms with Gasteiger partial charge in [0.05, 0.1) is 0 Å². The van der Waals surface area contributed by atoms with Crippen LogP contribution in [-0.2, 0) is 13.1 Å². The van der Waals surface area contributed by atoms with Crippen molar-refractivity contribution in [3.05, 3.63) is 35.4 Å². The first-order valence-electron chi connectivity index (χ1n) is 8.67. The molecule has 118 valence electrons. The van der Waals surface area contributed by atoms with E-state index in [1.807, 2.05) is 0 Å². The fourth-order valence-electron chi connectivity index (χ4n) is 3.49. The highest BCUT2D eigenvalue weighted by molar-refractivity contribution is 5.22. The van der Waals surface area contributed by atoms with Crippen molar-refractivity contribution in [2.24, 2.45) is 17.6 Å². The molecule has 2 N–H and O–H groups in total. The Balaban J connectivity index is 1.93. The maximum atomic E-state index is 5.68. The van der Waals surface area contributed by atoms with E-state index in [-0.39, 0.29) is 0 Å². The Morgan fingerprint density at radius 1 is 1.05 bits per heavy atom. The Morgan fingerprint density at radius 2 is 1.67 bits per heavy atom. The van der Waals surface area contributed by atoms with Crippen molar-refractivity contribution in [3.63, 3.8) is 0 Å². The second-order valence-electron chi connectivity index (χ2n) is 7.11. The molecule has 21 heavy (non-hydrogen) atoms. The summed E-state index contributed by atoms with van der Waals surface area (Å²) in [6.45, 7) is 8.85. The quantitative estimate of drug-likeness (QED) is 0.815. The minimum absolute atomic E-state index is 0.637. The van der Waals surface area contributed by atoms with Crippen LogP contribution < -0.4 is 5.73 Å². The summed E-state index contributed by atoms with van der Waals surface area (Å²) in [7, 11) is 0. The van der Waals surface area contributed by atoms with Crippen molar-refractivity contribution < 1.29 is 0 Å². The molecule has 0 heterocycles. The van der Waals surface area contributed by atoms with Gasteiger partial charge in [0.15, 0.2) is 0 Å². The third-order valence-corrected chi connectivity index (χ3v) is 4.53. The summed E-state index contributed by atoms with van der Waals surface area (Å²) in [5, 5.41) is 0. The van der Waals surface area contributed by atoms with E-state index in [0.717, 1.165) is 18.4 Å². The molecule has 0 amide bonds. The van der Waals surface area contributed by atoms with Crippen LogP contribution in [0.1, 0.15) is 57.1 Å². The molecule has 1 aliphatic carbocycles. The highest BCUT2D eigenvalue weighted by Crippen LogP contribution is 2.25. The Morgan fingerprint density at radius 3 is 2.24 bits per heavy atom. The van der Waals surface area contributed by atoms with E-state index in [1.165, 1.54) is 56.3 Å². The first-order chi connectivity index (χ1) is 10.2. The molecule has 2 heteroatoms. The summed E-state index contributed by atoms with van der Waals surface area (Å²) in [5.74, 6) is 1.65. The fourth-order valence-corrected chi connectivity index (χ4v) is 3.49. The minimum atomic E-state index is 0.637. The minimum Gasteiger partial charge on any atom is -0.326 e. The first-order valence-corrected chi connectivity index (χ1v) is 8.67. The molecule has 1 saturated carbocycles. The van der Waals surface area contributed by atoms with Gasteiger partial charge in [-0.15, -0.1) is 0 Å². The topological polar surface area (TPSA) is 29.3 Å². The standard InChI is InChI=1S/C19H32N2/c1-16(2)13-21(14-18-6-4-3-5-7-18)15-19-10-8-17(12-20)9-11-19/h8-11,16,18H,3-7,12-15,20H2,1-2H3. The summed E-state index contributed by atoms with van der Waals surface area (Å²) in [6, 6.07) is 8.83. The predicted octanol–water partition coefficient (Wildman–Crippen LogP) is 4.18. The second kappa shape index (κ2) is 8.55. The highest BCUT2D eigenvalue weighted by Gasteiger charge is 2.18. The average molecular weight is 288 g/mol. The van der Waals surface area contributed by atoms with Crippen LogP contribution in [0.3, 0.4) is 0 Å². The van der Waals surface area contributed by atoms with E-state index in [4.69, 9.17) is 5.73 Å². The molecule has 0 bridgehead atoms. The van der Waals surface area contributed by atoms with Crippen LogP contribution in [0.2, 0.25) is 0 Å². The van der Waals surface area contributed by atoms with Crippen LogP contribution in [0.4, 0.5) is 0 Å². The molecule has 1 aromatic carbocycles. The molecule has 0 radical (unpaired) electrons. The van der Waals surface area contributed by atoms with Gasteiger partial charge in [-0.25, -0.2) is 0 Å². The average Bonchev–Trinajstić information content (AvgIpc) is 2.48. The van der Waals surface area contributed by atoms with E-state index in [2.05, 4.69) is 43.0 Å². The van der Waals surface area contributed by atoms with Gasteiger partial charge in [0.25, 0.3) is 0 Å². The number of hydrogen-bond acceptors (Lipinski definition) is 2. The van der Waals surface area contributed by atoms with Crippen LogP contribution in [0.5, 0.6) is 0 Å². The lowest BCUT2D eigenvalue weighted by Crippen LogP contribution is -2.33. The van der Waals surface area contributed by atoms with Crippen LogP contribution in [0, 0.1) is 11.8 Å². The van der Waals surface area contributed by atoms with Crippen molar-refractivity contribution in [2.75, 3.05) is 13.1 Å². The Kier molecular flexibility index (Phi) is 6.72. The van der Waals surface area contributed by atoms with Gasteiger partial charge in [0, 0.05) is 26.2 Å². The predicted molar refractivity (Wildman–Crippen MR) is 91.0 cm³/mol. The Hall–Kier alpha value is -0.860. The summed E-state index contributed by atoms with van der Waals surface area (Å²) < 4.78 is 0. The third kappa shape index (κ3) is 5.80. The maximum Gasteiger partial charge on any atom is 0.0233 e. The monoisotopic (exact) mass is 288 g/mol. The van der Waals surface area contributed by atoms with E-state index in [1.54, 1.807) is 0 Å². The number of benzene rings is 1. The van der Waals surface area contributed by atoms with E-state index in [9.17, 15) is 0 Å². The lowest BCUT2D eigenvalue weighted by atomic mass is 9.88. The molecule has 0 saturated heterocycles. The van der Waals surface area contributed by atoms with Gasteiger partial charge in [-0.3, -0.25) is 4.90 Å². The number of nitrogens with zero attached hydrogens (tertiary/aromatic N) is 1. The van der Waals surface area contributed by atoms with Gasteiger partial charge in [-0.2, -0.15) is 0 Å². The summed E-state index contributed by atoms with van der Waals surface area (Å²) in [5.41, 5.74) is 8.32. The summed E-state index contributed by atoms with van der Waals surface area (Å²) in [4.78, 5) is 2.66. The molecule has 2 rings (SSSR count). The lowest BCUT2D eigenvalue weighted by Gasteiger charge is -2.31. The maximum absolute atomic E-state index is 5.68. The molecule has 0 aromatic heterocycles. The van der Waals surface area contributed by atoms with Crippen LogP contribution in [0.15, 0.2) is 24.3 Å². The van der Waals surface area contributed by atoms with E-state index >= 15 is 0 Å². The number of rotatable bonds is 7. The van der Waals surface area contributed by atoms with Crippen molar-refractivity contribution in [1.29, 1.82) is 0 Å². The van der Waals surface area contributed by atoms with Crippen molar-refractivity contribution >= 4 is 0 Å². The highest BCUT2D eigenvalue weighted by atomic mass is 15.1. The molecule has 1 aromatic rings. The van der Waals surface area contributed by atoms with E-state index in [0.29, 0.717) is 6.54 Å². The smallest absolute Gasteiger partial charge is 0.0233 e. The van der Waals surface area contributed by atoms with Gasteiger partial charge in [-0.1, -0.05) is 57.4 Å². The molecule has 1 fully saturated rings. The van der Waals surface area contributed by atoms with Gasteiger partial charge >= 0.3 is 0 Å². The van der Waals surface area contributed by atoms with Gasteiger partial charge in [0.1, 0.15) is 0 Å². The summed E-state index contributed by atoms with van der Waals surface area (Å²) >= 11 is 0. The van der Waals surface area contributed by atoms with Crippen molar-refractivity contribution in [2.45, 2.75) is 59.0 Å². The Bertz CT molecular complexity index is 391. The van der Waals surface area contributed by atoms with Gasteiger partial charge < -0.3 is 5.73 Å². The second-order valence-corrected chi connectivity index (χ2v) is 7.11. The van der Waals surface area contributed by atoms with Crippen LogP contribution >= 0.6 is 0 Å². The Labute approximate surface area is 130 Å². The van der Waals surface area contributed by atoms with Crippen molar-refractivity contribution in [3.8, 4) is 0 Å². The first kappa shape index (κ1) is 16.5. The molecule has 0 atom stereocenters. The fraction of sp³-hybridized carbons (Fsp3) is 0.684. The molecule has 0 unspecified atom stereocenters. The van der Waals surface area contributed by atoms with Crippen molar-refractivity contribution in [1.82, 2.24) is 4.90 Å². The zero-order chi connectivity index (χ0) is 15.1. The largest absolute Gasteiger partial charge is 0.326 e. The number of nitrogens with two attached hydrogens (primary N) is 1. The van der Waals surface area contributed by atoms with Crippen LogP contribution in [0.25, 0.3) is 0 Å². The summed E-state index contributed by atoms with van der Waals surface area (Å²) in [6.07, 6.45) is 7.18. The lowest BCUT2D eigenvalue weighted by molar-refractivity contribution is 0.177. The molecular formula is C19H32N2. The molecule has 0 aliphatic heterocycles. The molecule has 2 nitrogen and oxygen atoms in total. The third-order valence-electron chi connectivity index (χ3n) is 4.53. The van der Waals surface area contributed by atoms with Gasteiger partial charge in [0.2, 0.25) is 0 Å². The normalized spacial score (nSPS) is 16.8. The molecular weight excluding hydrogens is 256 g/mol. The zero-order valence-electron chi connectivity index (χ0n) is 13.9.